The van der Waals surface area contributed by atoms with E-state index in [1.54, 1.807) is 29.6 Å². The molecule has 24 heavy (non-hydrogen) atoms. The van der Waals surface area contributed by atoms with Crippen LogP contribution >= 0.6 is 11.8 Å². The molecule has 120 valence electrons. The second kappa shape index (κ2) is 5.93. The number of imidazole rings is 1. The fourth-order valence-corrected chi connectivity index (χ4v) is 3.33. The van der Waals surface area contributed by atoms with Gasteiger partial charge in [0.1, 0.15) is 5.82 Å². The topological polar surface area (TPSA) is 100 Å². The van der Waals surface area contributed by atoms with Gasteiger partial charge < -0.3 is 5.73 Å². The Morgan fingerprint density at radius 1 is 1.08 bits per heavy atom. The first-order valence-corrected chi connectivity index (χ1v) is 8.25. The minimum Gasteiger partial charge on any atom is -0.384 e. The first-order valence-electron chi connectivity index (χ1n) is 7.27. The molecule has 0 saturated heterocycles. The molecule has 9 heteroatoms. The van der Waals surface area contributed by atoms with E-state index in [1.165, 1.54) is 0 Å². The van der Waals surface area contributed by atoms with Crippen LogP contribution in [0.4, 0.5) is 5.82 Å². The molecule has 4 aromatic rings. The molecule has 0 bridgehead atoms. The zero-order valence-corrected chi connectivity index (χ0v) is 13.7. The van der Waals surface area contributed by atoms with Crippen molar-refractivity contribution in [3.05, 3.63) is 48.2 Å². The van der Waals surface area contributed by atoms with E-state index >= 15 is 0 Å². The summed E-state index contributed by atoms with van der Waals surface area (Å²) >= 11 is 1.57. The SMILES string of the molecule is Cn1nnnc1-n1c(SCc2cccc(N)n2)nc2ccccc21. The first-order chi connectivity index (χ1) is 11.7. The molecule has 2 N–H and O–H groups in total. The average molecular weight is 338 g/mol. The Morgan fingerprint density at radius 2 is 1.96 bits per heavy atom. The van der Waals surface area contributed by atoms with Crippen LogP contribution in [0.15, 0.2) is 47.6 Å². The summed E-state index contributed by atoms with van der Waals surface area (Å²) in [7, 11) is 1.80. The number of hydrogen-bond donors (Lipinski definition) is 1. The highest BCUT2D eigenvalue weighted by Gasteiger charge is 2.17. The summed E-state index contributed by atoms with van der Waals surface area (Å²) in [5.74, 6) is 1.78. The van der Waals surface area contributed by atoms with Crippen LogP contribution in [0, 0.1) is 0 Å². The summed E-state index contributed by atoms with van der Waals surface area (Å²) in [4.78, 5) is 9.03. The number of nitrogens with zero attached hydrogens (tertiary/aromatic N) is 7. The van der Waals surface area contributed by atoms with Crippen LogP contribution in [-0.2, 0) is 12.8 Å². The van der Waals surface area contributed by atoms with Crippen LogP contribution in [0.2, 0.25) is 0 Å². The van der Waals surface area contributed by atoms with Crippen molar-refractivity contribution < 1.29 is 0 Å². The van der Waals surface area contributed by atoms with Gasteiger partial charge in [-0.05, 0) is 34.7 Å². The number of nitrogen functional groups attached to an aromatic ring is 1. The van der Waals surface area contributed by atoms with Gasteiger partial charge in [0.15, 0.2) is 5.16 Å². The van der Waals surface area contributed by atoms with Crippen molar-refractivity contribution in [2.45, 2.75) is 10.9 Å². The standard InChI is InChI=1S/C15H14N8S/c1-22-14(19-20-21-22)23-12-7-3-2-6-11(12)18-15(23)24-9-10-5-4-8-13(16)17-10/h2-8H,9H2,1H3,(H2,16,17). The number of aryl methyl sites for hydroxylation is 1. The summed E-state index contributed by atoms with van der Waals surface area (Å²) in [6.07, 6.45) is 0. The van der Waals surface area contributed by atoms with Crippen LogP contribution in [-0.4, -0.2) is 34.7 Å². The van der Waals surface area contributed by atoms with Gasteiger partial charge in [0.25, 0.3) is 5.95 Å². The van der Waals surface area contributed by atoms with Crippen molar-refractivity contribution in [1.29, 1.82) is 0 Å². The van der Waals surface area contributed by atoms with E-state index in [1.807, 2.05) is 41.0 Å². The van der Waals surface area contributed by atoms with Gasteiger partial charge in [-0.3, -0.25) is 4.57 Å². The highest BCUT2D eigenvalue weighted by molar-refractivity contribution is 7.98. The summed E-state index contributed by atoms with van der Waals surface area (Å²) in [5, 5.41) is 12.6. The van der Waals surface area contributed by atoms with Crippen LogP contribution in [0.3, 0.4) is 0 Å². The molecule has 3 aromatic heterocycles. The molecule has 0 aliphatic heterocycles. The Morgan fingerprint density at radius 3 is 2.75 bits per heavy atom. The number of benzene rings is 1. The Labute approximate surface area is 141 Å². The van der Waals surface area contributed by atoms with Gasteiger partial charge in [-0.2, -0.15) is 0 Å². The molecule has 0 saturated carbocycles. The van der Waals surface area contributed by atoms with Crippen LogP contribution < -0.4 is 5.73 Å². The lowest BCUT2D eigenvalue weighted by Crippen LogP contribution is -2.05. The summed E-state index contributed by atoms with van der Waals surface area (Å²) in [6, 6.07) is 13.5. The number of tetrazole rings is 1. The van der Waals surface area contributed by atoms with Crippen molar-refractivity contribution in [1.82, 2.24) is 34.7 Å². The molecule has 0 fully saturated rings. The van der Waals surface area contributed by atoms with Crippen molar-refractivity contribution in [3.8, 4) is 5.95 Å². The van der Waals surface area contributed by atoms with E-state index in [-0.39, 0.29) is 0 Å². The fourth-order valence-electron chi connectivity index (χ4n) is 2.43. The Kier molecular flexibility index (Phi) is 3.62. The maximum Gasteiger partial charge on any atom is 0.256 e. The fraction of sp³-hybridized carbons (Fsp3) is 0.133. The van der Waals surface area contributed by atoms with Gasteiger partial charge >= 0.3 is 0 Å². The van der Waals surface area contributed by atoms with Crippen molar-refractivity contribution in [2.24, 2.45) is 7.05 Å². The highest BCUT2D eigenvalue weighted by atomic mass is 32.2. The quantitative estimate of drug-likeness (QED) is 0.566. The van der Waals surface area contributed by atoms with Crippen molar-refractivity contribution in [3.63, 3.8) is 0 Å². The van der Waals surface area contributed by atoms with E-state index in [4.69, 9.17) is 10.7 Å². The van der Waals surface area contributed by atoms with E-state index in [0.29, 0.717) is 17.5 Å². The number of anilines is 1. The molecule has 8 nitrogen and oxygen atoms in total. The van der Waals surface area contributed by atoms with Crippen molar-refractivity contribution >= 4 is 28.6 Å². The van der Waals surface area contributed by atoms with Crippen LogP contribution in [0.25, 0.3) is 17.0 Å². The van der Waals surface area contributed by atoms with Gasteiger partial charge in [0.05, 0.1) is 16.7 Å². The molecule has 0 amide bonds. The number of hydrogen-bond acceptors (Lipinski definition) is 7. The van der Waals surface area contributed by atoms with Crippen LogP contribution in [0.5, 0.6) is 0 Å². The normalized spacial score (nSPS) is 11.2. The van der Waals surface area contributed by atoms with Crippen LogP contribution in [0.1, 0.15) is 5.69 Å². The summed E-state index contributed by atoms with van der Waals surface area (Å²) < 4.78 is 3.57. The van der Waals surface area contributed by atoms with Gasteiger partial charge in [-0.25, -0.2) is 14.6 Å². The Hall–Kier alpha value is -2.94. The van der Waals surface area contributed by atoms with E-state index in [2.05, 4.69) is 20.5 Å². The number of fused-ring (bicyclic) bond motifs is 1. The molecule has 4 rings (SSSR count). The van der Waals surface area contributed by atoms with Gasteiger partial charge in [-0.15, -0.1) is 0 Å². The maximum absolute atomic E-state index is 5.74. The van der Waals surface area contributed by atoms with Gasteiger partial charge in [-0.1, -0.05) is 35.1 Å². The molecule has 1 aromatic carbocycles. The van der Waals surface area contributed by atoms with E-state index < -0.39 is 0 Å². The number of thioether (sulfide) groups is 1. The van der Waals surface area contributed by atoms with Gasteiger partial charge in [0.2, 0.25) is 0 Å². The molecule has 0 spiro atoms. The minimum absolute atomic E-state index is 0.513. The Bertz CT molecular complexity index is 1010. The highest BCUT2D eigenvalue weighted by Crippen LogP contribution is 2.28. The lowest BCUT2D eigenvalue weighted by atomic mass is 10.3. The smallest absolute Gasteiger partial charge is 0.256 e. The largest absolute Gasteiger partial charge is 0.384 e. The van der Waals surface area contributed by atoms with Crippen molar-refractivity contribution in [2.75, 3.05) is 5.73 Å². The number of aromatic nitrogens is 7. The summed E-state index contributed by atoms with van der Waals surface area (Å²) in [5.41, 5.74) is 8.49. The Balaban J connectivity index is 1.76. The maximum atomic E-state index is 5.74. The molecule has 3 heterocycles. The third-order valence-electron chi connectivity index (χ3n) is 3.51. The van der Waals surface area contributed by atoms with Gasteiger partial charge in [0, 0.05) is 12.8 Å². The zero-order valence-electron chi connectivity index (χ0n) is 12.9. The second-order valence-electron chi connectivity index (χ2n) is 5.16. The third-order valence-corrected chi connectivity index (χ3v) is 4.48. The molecule has 0 aliphatic rings. The molecule has 0 unspecified atom stereocenters. The lowest BCUT2D eigenvalue weighted by Gasteiger charge is -2.06. The van der Waals surface area contributed by atoms with E-state index in [0.717, 1.165) is 21.9 Å². The number of para-hydroxylation sites is 2. The lowest BCUT2D eigenvalue weighted by molar-refractivity contribution is 0.682. The average Bonchev–Trinajstić information content (AvgIpc) is 3.15. The number of rotatable bonds is 4. The third kappa shape index (κ3) is 2.58. The van der Waals surface area contributed by atoms with E-state index in [9.17, 15) is 0 Å². The predicted molar refractivity (Wildman–Crippen MR) is 91.6 cm³/mol. The molecular weight excluding hydrogens is 324 g/mol. The predicted octanol–water partition coefficient (Wildman–Crippen LogP) is 1.82. The molecular formula is C15H14N8S. The minimum atomic E-state index is 0.513. The monoisotopic (exact) mass is 338 g/mol. The zero-order chi connectivity index (χ0) is 16.5. The number of pyridine rings is 1. The molecule has 0 atom stereocenters. The molecule has 0 aliphatic carbocycles. The first kappa shape index (κ1) is 14.6. The number of nitrogens with two attached hydrogens (primary N) is 1. The summed E-state index contributed by atoms with van der Waals surface area (Å²) in [6.45, 7) is 0. The second-order valence-corrected chi connectivity index (χ2v) is 6.11. The molecule has 0 radical (unpaired) electrons.